The summed E-state index contributed by atoms with van der Waals surface area (Å²) in [5.74, 6) is 0.278. The number of nitrogens with two attached hydrogens (primary N) is 1. The summed E-state index contributed by atoms with van der Waals surface area (Å²) in [5.41, 5.74) is 5.93. The van der Waals surface area contributed by atoms with Crippen LogP contribution in [0.25, 0.3) is 11.3 Å². The monoisotopic (exact) mass is 489 g/mol. The Hall–Kier alpha value is -3.12. The number of hydrogen-bond acceptors (Lipinski definition) is 6. The average Bonchev–Trinajstić information content (AvgIpc) is 3.46. The number of amides is 1. The molecular formula is C23H31F2N8O2+. The fourth-order valence-corrected chi connectivity index (χ4v) is 5.08. The van der Waals surface area contributed by atoms with E-state index in [-0.39, 0.29) is 35.5 Å². The molecule has 2 aliphatic rings. The highest BCUT2D eigenvalue weighted by atomic mass is 19.3. The lowest BCUT2D eigenvalue weighted by Gasteiger charge is -2.31. The van der Waals surface area contributed by atoms with Crippen LogP contribution in [0.15, 0.2) is 24.7 Å². The number of piperazine rings is 1. The number of nitrogens with zero attached hydrogens (tertiary/aromatic N) is 7. The minimum absolute atomic E-state index is 0.0200. The van der Waals surface area contributed by atoms with Gasteiger partial charge in [0.05, 0.1) is 18.4 Å². The smallest absolute Gasteiger partial charge is 0.363 e. The topological polar surface area (TPSA) is 110 Å². The highest BCUT2D eigenvalue weighted by Crippen LogP contribution is 2.34. The van der Waals surface area contributed by atoms with Crippen molar-refractivity contribution in [1.29, 1.82) is 0 Å². The van der Waals surface area contributed by atoms with Gasteiger partial charge in [0, 0.05) is 38.9 Å². The molecule has 5 rings (SSSR count). The predicted octanol–water partition coefficient (Wildman–Crippen LogP) is 1.32. The average molecular weight is 490 g/mol. The number of halogens is 2. The highest BCUT2D eigenvalue weighted by molar-refractivity contribution is 5.97. The molecule has 1 saturated heterocycles. The van der Waals surface area contributed by atoms with Crippen molar-refractivity contribution in [2.24, 2.45) is 11.7 Å². The Morgan fingerprint density at radius 2 is 1.91 bits per heavy atom. The molecule has 0 radical (unpaired) electrons. The van der Waals surface area contributed by atoms with Gasteiger partial charge >= 0.3 is 5.65 Å². The minimum Gasteiger partial charge on any atom is -0.396 e. The SMILES string of the molecule is CN1CCN(c2cc[n+]3c(n2)c(C(N)=O)cn3-c2cn(C3CCC(CO)CC3)nc2C(F)F)CC1. The van der Waals surface area contributed by atoms with Crippen molar-refractivity contribution in [2.45, 2.75) is 38.2 Å². The molecule has 1 aliphatic heterocycles. The van der Waals surface area contributed by atoms with Gasteiger partial charge in [-0.25, -0.2) is 8.78 Å². The van der Waals surface area contributed by atoms with E-state index < -0.39 is 12.3 Å². The molecule has 188 valence electrons. The van der Waals surface area contributed by atoms with E-state index >= 15 is 0 Å². The zero-order chi connectivity index (χ0) is 24.7. The Balaban J connectivity index is 1.55. The van der Waals surface area contributed by atoms with Crippen LogP contribution in [-0.2, 0) is 0 Å². The summed E-state index contributed by atoms with van der Waals surface area (Å²) in [5, 5.41) is 13.6. The van der Waals surface area contributed by atoms with Crippen LogP contribution >= 0.6 is 0 Å². The molecule has 0 spiro atoms. The van der Waals surface area contributed by atoms with E-state index in [1.807, 2.05) is 6.07 Å². The third-order valence-electron chi connectivity index (χ3n) is 7.26. The van der Waals surface area contributed by atoms with Gasteiger partial charge in [-0.15, -0.1) is 4.52 Å². The molecule has 2 fully saturated rings. The summed E-state index contributed by atoms with van der Waals surface area (Å²) in [4.78, 5) is 21.3. The summed E-state index contributed by atoms with van der Waals surface area (Å²) in [6.07, 6.45) is 5.16. The summed E-state index contributed by atoms with van der Waals surface area (Å²) in [6, 6.07) is 1.80. The number of aromatic nitrogens is 5. The van der Waals surface area contributed by atoms with E-state index in [0.717, 1.165) is 51.9 Å². The third kappa shape index (κ3) is 4.47. The maximum absolute atomic E-state index is 14.1. The van der Waals surface area contributed by atoms with Gasteiger partial charge in [0.15, 0.2) is 11.3 Å². The van der Waals surface area contributed by atoms with E-state index in [0.29, 0.717) is 11.5 Å². The van der Waals surface area contributed by atoms with Crippen molar-refractivity contribution in [3.05, 3.63) is 35.9 Å². The van der Waals surface area contributed by atoms with E-state index in [4.69, 9.17) is 10.7 Å². The fourth-order valence-electron chi connectivity index (χ4n) is 5.08. The maximum Gasteiger partial charge on any atom is 0.363 e. The lowest BCUT2D eigenvalue weighted by molar-refractivity contribution is -0.600. The standard InChI is InChI=1S/C23H30F2N8O2/c1-29-8-10-30(11-9-29)19-6-7-32-23(27-19)17(22(26)35)12-33(32)18-13-31(28-20(18)21(24)25)16-4-2-15(14-34)3-5-16/h6-7,12-13,15-16,21,34H,2-5,8-11,14H2,1H3,(H-,26,35)/p+1. The second-order valence-corrected chi connectivity index (χ2v) is 9.53. The molecule has 3 N–H and O–H groups in total. The van der Waals surface area contributed by atoms with Gasteiger partial charge in [-0.2, -0.15) is 9.78 Å². The van der Waals surface area contributed by atoms with Gasteiger partial charge in [-0.3, -0.25) is 9.48 Å². The largest absolute Gasteiger partial charge is 0.396 e. The van der Waals surface area contributed by atoms with Crippen molar-refractivity contribution in [3.63, 3.8) is 0 Å². The van der Waals surface area contributed by atoms with Crippen molar-refractivity contribution < 1.29 is 23.2 Å². The number of hydrogen-bond donors (Lipinski definition) is 2. The maximum atomic E-state index is 14.1. The van der Waals surface area contributed by atoms with Crippen LogP contribution in [0.5, 0.6) is 0 Å². The van der Waals surface area contributed by atoms with E-state index in [1.54, 1.807) is 21.6 Å². The quantitative estimate of drug-likeness (QED) is 0.506. The number of likely N-dealkylation sites (N-methyl/N-ethyl adjacent to an activating group) is 1. The van der Waals surface area contributed by atoms with Crippen molar-refractivity contribution in [3.8, 4) is 5.69 Å². The van der Waals surface area contributed by atoms with Crippen molar-refractivity contribution in [2.75, 3.05) is 44.7 Å². The predicted molar refractivity (Wildman–Crippen MR) is 124 cm³/mol. The van der Waals surface area contributed by atoms with E-state index in [9.17, 15) is 18.7 Å². The molecule has 3 aromatic rings. The normalized spacial score (nSPS) is 21.8. The van der Waals surface area contributed by atoms with Gasteiger partial charge in [0.25, 0.3) is 12.3 Å². The van der Waals surface area contributed by atoms with Gasteiger partial charge < -0.3 is 20.6 Å². The number of primary amides is 1. The Morgan fingerprint density at radius 1 is 1.20 bits per heavy atom. The molecule has 3 aromatic heterocycles. The number of fused-ring (bicyclic) bond motifs is 1. The molecule has 35 heavy (non-hydrogen) atoms. The van der Waals surface area contributed by atoms with Crippen LogP contribution in [0.3, 0.4) is 0 Å². The van der Waals surface area contributed by atoms with Gasteiger partial charge in [-0.1, -0.05) is 0 Å². The molecule has 1 aliphatic carbocycles. The summed E-state index contributed by atoms with van der Waals surface area (Å²) in [6.45, 7) is 3.53. The summed E-state index contributed by atoms with van der Waals surface area (Å²) < 4.78 is 32.8. The Morgan fingerprint density at radius 3 is 2.54 bits per heavy atom. The Labute approximate surface area is 201 Å². The first kappa shape index (κ1) is 23.6. The fraction of sp³-hybridized carbons (Fsp3) is 0.565. The van der Waals surface area contributed by atoms with Gasteiger partial charge in [-0.05, 0) is 43.6 Å². The van der Waals surface area contributed by atoms with Crippen LogP contribution in [0.4, 0.5) is 14.6 Å². The number of carbonyl (C=O) groups excluding carboxylic acids is 1. The number of anilines is 1. The second-order valence-electron chi connectivity index (χ2n) is 9.53. The molecule has 0 atom stereocenters. The van der Waals surface area contributed by atoms with Crippen LogP contribution in [0.2, 0.25) is 0 Å². The van der Waals surface area contributed by atoms with E-state index in [2.05, 4.69) is 21.9 Å². The lowest BCUT2D eigenvalue weighted by atomic mass is 9.87. The lowest BCUT2D eigenvalue weighted by Crippen LogP contribution is -2.45. The molecular weight excluding hydrogens is 458 g/mol. The molecule has 0 unspecified atom stereocenters. The number of alkyl halides is 2. The molecule has 4 heterocycles. The molecule has 1 saturated carbocycles. The van der Waals surface area contributed by atoms with Gasteiger partial charge in [0.2, 0.25) is 5.82 Å². The molecule has 0 bridgehead atoms. The number of carbonyl (C=O) groups is 1. The number of aliphatic hydroxyl groups excluding tert-OH is 1. The van der Waals surface area contributed by atoms with Crippen molar-refractivity contribution >= 4 is 17.4 Å². The third-order valence-corrected chi connectivity index (χ3v) is 7.26. The van der Waals surface area contributed by atoms with E-state index in [1.165, 1.54) is 10.9 Å². The summed E-state index contributed by atoms with van der Waals surface area (Å²) in [7, 11) is 2.06. The first-order chi connectivity index (χ1) is 16.9. The summed E-state index contributed by atoms with van der Waals surface area (Å²) >= 11 is 0. The van der Waals surface area contributed by atoms with Crippen molar-refractivity contribution in [1.82, 2.24) is 24.3 Å². The molecule has 0 aromatic carbocycles. The van der Waals surface area contributed by atoms with Crippen LogP contribution in [0.1, 0.15) is 54.2 Å². The minimum atomic E-state index is -2.80. The Bertz CT molecular complexity index is 1210. The zero-order valence-electron chi connectivity index (χ0n) is 19.7. The number of aliphatic hydroxyl groups is 1. The van der Waals surface area contributed by atoms with Gasteiger partial charge in [0.1, 0.15) is 11.9 Å². The van der Waals surface area contributed by atoms with Crippen LogP contribution in [-0.4, -0.2) is 75.2 Å². The first-order valence-electron chi connectivity index (χ1n) is 12.0. The Kier molecular flexibility index (Phi) is 6.41. The molecule has 1 amide bonds. The first-order valence-corrected chi connectivity index (χ1v) is 12.0. The second kappa shape index (κ2) is 9.50. The van der Waals surface area contributed by atoms with Crippen LogP contribution < -0.4 is 15.1 Å². The molecule has 10 nitrogen and oxygen atoms in total. The highest BCUT2D eigenvalue weighted by Gasteiger charge is 2.31. The van der Waals surface area contributed by atoms with Crippen LogP contribution in [0, 0.1) is 5.92 Å². The zero-order valence-corrected chi connectivity index (χ0v) is 19.7. The molecule has 12 heteroatoms. The number of rotatable bonds is 6.